The topological polar surface area (TPSA) is 52.3 Å². The van der Waals surface area contributed by atoms with E-state index in [1.54, 1.807) is 13.3 Å². The third kappa shape index (κ3) is 6.15. The van der Waals surface area contributed by atoms with Crippen molar-refractivity contribution in [3.8, 4) is 0 Å². The first-order valence-electron chi connectivity index (χ1n) is 2.46. The summed E-state index contributed by atoms with van der Waals surface area (Å²) in [5.41, 5.74) is 5.09. The van der Waals surface area contributed by atoms with E-state index in [4.69, 9.17) is 10.3 Å². The molecule has 2 N–H and O–H groups in total. The van der Waals surface area contributed by atoms with Gasteiger partial charge in [0, 0.05) is 19.9 Å². The van der Waals surface area contributed by atoms with Gasteiger partial charge in [0.05, 0.1) is 6.61 Å². The molecule has 0 aromatic carbocycles. The maximum absolute atomic E-state index is 10.7. The normalized spacial score (nSPS) is 11.9. The van der Waals surface area contributed by atoms with Gasteiger partial charge in [0.15, 0.2) is 7.37 Å². The van der Waals surface area contributed by atoms with E-state index in [-0.39, 0.29) is 0 Å². The van der Waals surface area contributed by atoms with Gasteiger partial charge in [-0.1, -0.05) is 0 Å². The molecule has 8 heavy (non-hydrogen) atoms. The highest BCUT2D eigenvalue weighted by molar-refractivity contribution is 7.57. The Kier molecular flexibility index (Phi) is 3.29. The van der Waals surface area contributed by atoms with Crippen LogP contribution >= 0.6 is 7.37 Å². The Morgan fingerprint density at radius 1 is 1.62 bits per heavy atom. The molecule has 0 unspecified atom stereocenters. The molecular formula is C4H12NO2P. The van der Waals surface area contributed by atoms with Crippen molar-refractivity contribution in [3.63, 3.8) is 0 Å². The standard InChI is InChI=1S/C4H12NO2P/c1-8(2,6)7-4-3-5/h3-5H2,1-2H3. The predicted octanol–water partition coefficient (Wildman–Crippen LogP) is 0.499. The number of rotatable bonds is 3. The maximum Gasteiger partial charge on any atom is 0.197 e. The summed E-state index contributed by atoms with van der Waals surface area (Å²) < 4.78 is 15.5. The Hall–Kier alpha value is 0.150. The molecule has 0 saturated carbocycles. The molecule has 0 fully saturated rings. The van der Waals surface area contributed by atoms with Gasteiger partial charge in [-0.2, -0.15) is 0 Å². The zero-order chi connectivity index (χ0) is 6.62. The summed E-state index contributed by atoms with van der Waals surface area (Å²) in [6.45, 7) is 3.97. The number of hydrogen-bond acceptors (Lipinski definition) is 3. The fraction of sp³-hybridized carbons (Fsp3) is 1.00. The summed E-state index contributed by atoms with van der Waals surface area (Å²) in [5.74, 6) is 0. The highest BCUT2D eigenvalue weighted by Crippen LogP contribution is 2.36. The van der Waals surface area contributed by atoms with E-state index in [2.05, 4.69) is 0 Å². The van der Waals surface area contributed by atoms with E-state index in [0.29, 0.717) is 13.2 Å². The molecule has 0 radical (unpaired) electrons. The molecule has 0 spiro atoms. The highest BCUT2D eigenvalue weighted by Gasteiger charge is 2.03. The highest BCUT2D eigenvalue weighted by atomic mass is 31.2. The Bertz CT molecular complexity index is 98.2. The largest absolute Gasteiger partial charge is 0.328 e. The Morgan fingerprint density at radius 3 is 2.25 bits per heavy atom. The molecule has 0 atom stereocenters. The summed E-state index contributed by atoms with van der Waals surface area (Å²) >= 11 is 0. The van der Waals surface area contributed by atoms with Crippen LogP contribution in [0.1, 0.15) is 0 Å². The number of hydrogen-bond donors (Lipinski definition) is 1. The molecule has 0 saturated heterocycles. The van der Waals surface area contributed by atoms with Gasteiger partial charge < -0.3 is 10.3 Å². The lowest BCUT2D eigenvalue weighted by molar-refractivity contribution is 0.330. The average molecular weight is 137 g/mol. The third-order valence-corrected chi connectivity index (χ3v) is 1.32. The lowest BCUT2D eigenvalue weighted by Crippen LogP contribution is -2.06. The predicted molar refractivity (Wildman–Crippen MR) is 34.5 cm³/mol. The molecule has 0 aliphatic heterocycles. The monoisotopic (exact) mass is 137 g/mol. The van der Waals surface area contributed by atoms with Crippen LogP contribution in [0.25, 0.3) is 0 Å². The molecule has 0 aromatic heterocycles. The van der Waals surface area contributed by atoms with Gasteiger partial charge in [0.2, 0.25) is 0 Å². The van der Waals surface area contributed by atoms with E-state index in [9.17, 15) is 4.57 Å². The summed E-state index contributed by atoms with van der Waals surface area (Å²) in [5, 5.41) is 0. The van der Waals surface area contributed by atoms with Crippen molar-refractivity contribution >= 4 is 7.37 Å². The first kappa shape index (κ1) is 8.15. The zero-order valence-electron chi connectivity index (χ0n) is 5.26. The van der Waals surface area contributed by atoms with Crippen molar-refractivity contribution in [2.45, 2.75) is 0 Å². The minimum atomic E-state index is -2.26. The van der Waals surface area contributed by atoms with E-state index in [1.165, 1.54) is 0 Å². The van der Waals surface area contributed by atoms with Crippen LogP contribution in [0.3, 0.4) is 0 Å². The lowest BCUT2D eigenvalue weighted by atomic mass is 10.8. The van der Waals surface area contributed by atoms with Gasteiger partial charge in [0.25, 0.3) is 0 Å². The molecule has 3 nitrogen and oxygen atoms in total. The molecule has 4 heteroatoms. The van der Waals surface area contributed by atoms with Gasteiger partial charge in [-0.3, -0.25) is 4.57 Å². The Balaban J connectivity index is 3.26. The molecule has 0 rings (SSSR count). The molecule has 0 aliphatic rings. The van der Waals surface area contributed by atoms with Crippen molar-refractivity contribution in [3.05, 3.63) is 0 Å². The molecule has 0 aromatic rings. The average Bonchev–Trinajstić information content (AvgIpc) is 1.59. The van der Waals surface area contributed by atoms with Crippen LogP contribution in [0.15, 0.2) is 0 Å². The summed E-state index contributed by atoms with van der Waals surface area (Å²) in [6, 6.07) is 0. The van der Waals surface area contributed by atoms with Crippen LogP contribution in [0.5, 0.6) is 0 Å². The third-order valence-electron chi connectivity index (χ3n) is 0.520. The summed E-state index contributed by atoms with van der Waals surface area (Å²) in [6.07, 6.45) is 0. The van der Waals surface area contributed by atoms with Crippen molar-refractivity contribution in [1.82, 2.24) is 0 Å². The van der Waals surface area contributed by atoms with Gasteiger partial charge >= 0.3 is 0 Å². The van der Waals surface area contributed by atoms with E-state index >= 15 is 0 Å². The van der Waals surface area contributed by atoms with Crippen LogP contribution < -0.4 is 5.73 Å². The Morgan fingerprint density at radius 2 is 2.12 bits per heavy atom. The SMILES string of the molecule is CP(C)(=O)OCCN. The van der Waals surface area contributed by atoms with E-state index in [1.807, 2.05) is 0 Å². The second-order valence-corrected chi connectivity index (χ2v) is 4.64. The van der Waals surface area contributed by atoms with Gasteiger partial charge in [-0.05, 0) is 0 Å². The second-order valence-electron chi connectivity index (χ2n) is 1.87. The van der Waals surface area contributed by atoms with Crippen LogP contribution in [0, 0.1) is 0 Å². The quantitative estimate of drug-likeness (QED) is 0.576. The van der Waals surface area contributed by atoms with E-state index in [0.717, 1.165) is 0 Å². The fourth-order valence-electron chi connectivity index (χ4n) is 0.273. The second kappa shape index (κ2) is 3.23. The minimum absolute atomic E-state index is 0.393. The molecule has 0 amide bonds. The Labute approximate surface area is 49.7 Å². The van der Waals surface area contributed by atoms with Crippen LogP contribution in [-0.2, 0) is 9.09 Å². The molecule has 0 bridgehead atoms. The minimum Gasteiger partial charge on any atom is -0.328 e. The van der Waals surface area contributed by atoms with Gasteiger partial charge in [-0.25, -0.2) is 0 Å². The molecule has 0 aliphatic carbocycles. The van der Waals surface area contributed by atoms with Crippen molar-refractivity contribution in [2.75, 3.05) is 26.5 Å². The lowest BCUT2D eigenvalue weighted by Gasteiger charge is -2.04. The van der Waals surface area contributed by atoms with Gasteiger partial charge in [-0.15, -0.1) is 0 Å². The molecule has 0 heterocycles. The maximum atomic E-state index is 10.7. The number of nitrogens with two attached hydrogens (primary N) is 1. The van der Waals surface area contributed by atoms with E-state index < -0.39 is 7.37 Å². The van der Waals surface area contributed by atoms with Crippen LogP contribution in [0.2, 0.25) is 0 Å². The first-order valence-corrected chi connectivity index (χ1v) is 4.98. The molecule has 50 valence electrons. The zero-order valence-corrected chi connectivity index (χ0v) is 6.15. The smallest absolute Gasteiger partial charge is 0.197 e. The molecular weight excluding hydrogens is 125 g/mol. The summed E-state index contributed by atoms with van der Waals surface area (Å²) in [7, 11) is -2.26. The van der Waals surface area contributed by atoms with Crippen LogP contribution in [0.4, 0.5) is 0 Å². The first-order chi connectivity index (χ1) is 3.56. The van der Waals surface area contributed by atoms with Crippen LogP contribution in [-0.4, -0.2) is 26.5 Å². The van der Waals surface area contributed by atoms with Gasteiger partial charge in [0.1, 0.15) is 0 Å². The van der Waals surface area contributed by atoms with Crippen molar-refractivity contribution in [2.24, 2.45) is 5.73 Å². The summed E-state index contributed by atoms with van der Waals surface area (Å²) in [4.78, 5) is 0. The fourth-order valence-corrected chi connectivity index (χ4v) is 0.818. The van der Waals surface area contributed by atoms with Crippen molar-refractivity contribution < 1.29 is 9.09 Å². The van der Waals surface area contributed by atoms with Crippen molar-refractivity contribution in [1.29, 1.82) is 0 Å².